The van der Waals surface area contributed by atoms with E-state index in [0.717, 1.165) is 6.42 Å². The van der Waals surface area contributed by atoms with E-state index in [1.165, 1.54) is 0 Å². The first-order chi connectivity index (χ1) is 13.1. The minimum atomic E-state index is -0.350. The van der Waals surface area contributed by atoms with E-state index in [-0.39, 0.29) is 23.5 Å². The molecule has 0 aliphatic heterocycles. The van der Waals surface area contributed by atoms with Crippen LogP contribution in [0.15, 0.2) is 0 Å². The highest BCUT2D eigenvalue weighted by atomic mass is 17.2. The van der Waals surface area contributed by atoms with E-state index in [2.05, 4.69) is 13.8 Å². The SMILES string of the molecule is CC(=N)CCOOCCOCCCOCCOC(=O)CCC(C)(C)C(C)(C)N. The molecule has 0 spiro atoms. The van der Waals surface area contributed by atoms with Crippen molar-refractivity contribution in [2.45, 2.75) is 65.8 Å². The fourth-order valence-electron chi connectivity index (χ4n) is 1.90. The number of carbonyl (C=O) groups is 1. The fraction of sp³-hybridized carbons (Fsp3) is 0.900. The first kappa shape index (κ1) is 26.9. The van der Waals surface area contributed by atoms with Gasteiger partial charge in [0.15, 0.2) is 0 Å². The van der Waals surface area contributed by atoms with Gasteiger partial charge in [-0.3, -0.25) is 4.79 Å². The summed E-state index contributed by atoms with van der Waals surface area (Å²) in [5.74, 6) is -0.220. The molecule has 0 aliphatic rings. The van der Waals surface area contributed by atoms with Crippen LogP contribution in [0.3, 0.4) is 0 Å². The van der Waals surface area contributed by atoms with E-state index in [0.29, 0.717) is 64.6 Å². The molecule has 28 heavy (non-hydrogen) atoms. The summed E-state index contributed by atoms with van der Waals surface area (Å²) in [6.45, 7) is 12.7. The first-order valence-corrected chi connectivity index (χ1v) is 9.94. The molecule has 0 aromatic carbocycles. The lowest BCUT2D eigenvalue weighted by Gasteiger charge is -2.38. The number of nitrogens with two attached hydrogens (primary N) is 1. The predicted octanol–water partition coefficient (Wildman–Crippen LogP) is 2.87. The second-order valence-electron chi connectivity index (χ2n) is 8.08. The van der Waals surface area contributed by atoms with Crippen LogP contribution in [0, 0.1) is 10.8 Å². The Morgan fingerprint density at radius 1 is 0.857 bits per heavy atom. The second kappa shape index (κ2) is 14.9. The molecule has 0 heterocycles. The van der Waals surface area contributed by atoms with E-state index in [4.69, 9.17) is 35.1 Å². The van der Waals surface area contributed by atoms with E-state index in [9.17, 15) is 4.79 Å². The summed E-state index contributed by atoms with van der Waals surface area (Å²) in [6.07, 6.45) is 2.36. The Morgan fingerprint density at radius 3 is 2.00 bits per heavy atom. The summed E-state index contributed by atoms with van der Waals surface area (Å²) in [5.41, 5.74) is 6.21. The molecule has 0 amide bonds. The van der Waals surface area contributed by atoms with Gasteiger partial charge in [0.25, 0.3) is 0 Å². The molecule has 0 fully saturated rings. The van der Waals surface area contributed by atoms with Crippen molar-refractivity contribution in [3.8, 4) is 0 Å². The number of hydrogen-bond donors (Lipinski definition) is 2. The second-order valence-corrected chi connectivity index (χ2v) is 8.08. The summed E-state index contributed by atoms with van der Waals surface area (Å²) in [7, 11) is 0. The molecule has 0 unspecified atom stereocenters. The number of ether oxygens (including phenoxy) is 3. The average molecular weight is 405 g/mol. The van der Waals surface area contributed by atoms with Crippen LogP contribution in [-0.2, 0) is 28.8 Å². The minimum absolute atomic E-state index is 0.140. The Kier molecular flexibility index (Phi) is 14.3. The molecule has 166 valence electrons. The van der Waals surface area contributed by atoms with Crippen molar-refractivity contribution in [1.29, 1.82) is 5.41 Å². The third-order valence-electron chi connectivity index (χ3n) is 4.72. The molecule has 0 saturated carbocycles. The Bertz CT molecular complexity index is 435. The highest BCUT2D eigenvalue weighted by molar-refractivity contribution is 5.78. The quantitative estimate of drug-likeness (QED) is 0.119. The van der Waals surface area contributed by atoms with E-state index in [1.807, 2.05) is 13.8 Å². The zero-order chi connectivity index (χ0) is 21.5. The molecule has 0 aromatic rings. The molecule has 0 rings (SSSR count). The van der Waals surface area contributed by atoms with Crippen molar-refractivity contribution in [3.63, 3.8) is 0 Å². The molecular weight excluding hydrogens is 364 g/mol. The lowest BCUT2D eigenvalue weighted by Crippen LogP contribution is -2.47. The third kappa shape index (κ3) is 14.9. The van der Waals surface area contributed by atoms with Gasteiger partial charge in [-0.2, -0.15) is 0 Å². The van der Waals surface area contributed by atoms with Crippen LogP contribution < -0.4 is 5.73 Å². The maximum absolute atomic E-state index is 11.8. The topological polar surface area (TPSA) is 113 Å². The van der Waals surface area contributed by atoms with Crippen LogP contribution in [0.2, 0.25) is 0 Å². The van der Waals surface area contributed by atoms with E-state index in [1.54, 1.807) is 6.92 Å². The molecule has 0 saturated heterocycles. The smallest absolute Gasteiger partial charge is 0.305 e. The van der Waals surface area contributed by atoms with Crippen LogP contribution in [0.1, 0.15) is 60.3 Å². The predicted molar refractivity (Wildman–Crippen MR) is 108 cm³/mol. The van der Waals surface area contributed by atoms with Gasteiger partial charge in [-0.15, -0.1) is 0 Å². The Balaban J connectivity index is 3.39. The number of nitrogens with one attached hydrogen (secondary N) is 1. The van der Waals surface area contributed by atoms with Crippen molar-refractivity contribution in [2.75, 3.05) is 46.2 Å². The zero-order valence-electron chi connectivity index (χ0n) is 18.3. The number of rotatable bonds is 18. The molecule has 3 N–H and O–H groups in total. The summed E-state index contributed by atoms with van der Waals surface area (Å²) in [4.78, 5) is 21.6. The van der Waals surface area contributed by atoms with Gasteiger partial charge in [0.1, 0.15) is 13.2 Å². The molecule has 0 bridgehead atoms. The largest absolute Gasteiger partial charge is 0.463 e. The van der Waals surface area contributed by atoms with Gasteiger partial charge in [0.2, 0.25) is 0 Å². The zero-order valence-corrected chi connectivity index (χ0v) is 18.3. The number of esters is 1. The van der Waals surface area contributed by atoms with Gasteiger partial charge in [0, 0.05) is 37.3 Å². The number of hydrogen-bond acceptors (Lipinski definition) is 8. The van der Waals surface area contributed by atoms with E-state index < -0.39 is 0 Å². The average Bonchev–Trinajstić information content (AvgIpc) is 2.59. The molecule has 8 nitrogen and oxygen atoms in total. The maximum atomic E-state index is 11.8. The van der Waals surface area contributed by atoms with Crippen LogP contribution in [0.4, 0.5) is 0 Å². The lowest BCUT2D eigenvalue weighted by molar-refractivity contribution is -0.297. The summed E-state index contributed by atoms with van der Waals surface area (Å²) in [6, 6.07) is 0. The van der Waals surface area contributed by atoms with Gasteiger partial charge in [-0.05, 0) is 39.0 Å². The normalized spacial score (nSPS) is 12.2. The minimum Gasteiger partial charge on any atom is -0.463 e. The number of carbonyl (C=O) groups excluding carboxylic acids is 1. The van der Waals surface area contributed by atoms with Gasteiger partial charge >= 0.3 is 5.97 Å². The Morgan fingerprint density at radius 2 is 1.43 bits per heavy atom. The van der Waals surface area contributed by atoms with Gasteiger partial charge < -0.3 is 25.4 Å². The van der Waals surface area contributed by atoms with Crippen molar-refractivity contribution < 1.29 is 28.8 Å². The highest BCUT2D eigenvalue weighted by Crippen LogP contribution is 2.33. The summed E-state index contributed by atoms with van der Waals surface area (Å²) < 4.78 is 16.0. The first-order valence-electron chi connectivity index (χ1n) is 9.94. The van der Waals surface area contributed by atoms with Crippen molar-refractivity contribution >= 4 is 11.7 Å². The van der Waals surface area contributed by atoms with Crippen LogP contribution >= 0.6 is 0 Å². The van der Waals surface area contributed by atoms with Crippen molar-refractivity contribution in [3.05, 3.63) is 0 Å². The van der Waals surface area contributed by atoms with Crippen molar-refractivity contribution in [2.24, 2.45) is 11.1 Å². The molecular formula is C20H40N2O6. The molecule has 0 radical (unpaired) electrons. The van der Waals surface area contributed by atoms with Crippen LogP contribution in [-0.4, -0.2) is 63.5 Å². The van der Waals surface area contributed by atoms with Gasteiger partial charge in [0.05, 0.1) is 19.8 Å². The molecule has 8 heteroatoms. The Labute approximate surface area is 169 Å². The summed E-state index contributed by atoms with van der Waals surface area (Å²) >= 11 is 0. The monoisotopic (exact) mass is 404 g/mol. The summed E-state index contributed by atoms with van der Waals surface area (Å²) in [5, 5.41) is 7.23. The van der Waals surface area contributed by atoms with Gasteiger partial charge in [-0.1, -0.05) is 13.8 Å². The third-order valence-corrected chi connectivity index (χ3v) is 4.72. The Hall–Kier alpha value is -1.06. The van der Waals surface area contributed by atoms with Crippen LogP contribution in [0.25, 0.3) is 0 Å². The molecule has 0 aromatic heterocycles. The molecule has 0 aliphatic carbocycles. The lowest BCUT2D eigenvalue weighted by atomic mass is 9.72. The van der Waals surface area contributed by atoms with E-state index >= 15 is 0 Å². The fourth-order valence-corrected chi connectivity index (χ4v) is 1.90. The van der Waals surface area contributed by atoms with Crippen LogP contribution in [0.5, 0.6) is 0 Å². The standard InChI is InChI=1S/C20H40N2O6/c1-17(21)8-12-27-28-16-14-25-11-6-10-24-13-15-26-18(23)7-9-19(2,3)20(4,5)22/h21H,6-16,22H2,1-5H3. The molecule has 0 atom stereocenters. The maximum Gasteiger partial charge on any atom is 0.305 e. The van der Waals surface area contributed by atoms with Gasteiger partial charge in [-0.25, -0.2) is 9.78 Å². The van der Waals surface area contributed by atoms with Crippen molar-refractivity contribution in [1.82, 2.24) is 0 Å². The highest BCUT2D eigenvalue weighted by Gasteiger charge is 2.33.